The summed E-state index contributed by atoms with van der Waals surface area (Å²) in [4.78, 5) is 35.1. The molecule has 0 aromatic rings. The van der Waals surface area contributed by atoms with E-state index in [0.717, 1.165) is 44.9 Å². The zero-order valence-corrected chi connectivity index (χ0v) is 19.0. The topological polar surface area (TPSA) is 149 Å². The Labute approximate surface area is 185 Å². The molecule has 0 radical (unpaired) electrons. The SMILES string of the molecule is C=CCCCCCCCC(=O)N[C@@H](CCCNC(=N)N[N+](=O)[O-])C(=O)NCCC(C)C. The molecular weight excluding hydrogens is 400 g/mol. The first-order chi connectivity index (χ1) is 14.8. The van der Waals surface area contributed by atoms with E-state index in [0.29, 0.717) is 31.7 Å². The van der Waals surface area contributed by atoms with Crippen LogP contribution in [-0.2, 0) is 9.59 Å². The highest BCUT2D eigenvalue weighted by atomic mass is 16.7. The van der Waals surface area contributed by atoms with Gasteiger partial charge in [0.2, 0.25) is 11.8 Å². The van der Waals surface area contributed by atoms with Gasteiger partial charge in [-0.05, 0) is 44.4 Å². The second kappa shape index (κ2) is 18.1. The van der Waals surface area contributed by atoms with Crippen molar-refractivity contribution in [2.45, 2.75) is 84.1 Å². The molecule has 0 spiro atoms. The molecule has 2 amide bonds. The summed E-state index contributed by atoms with van der Waals surface area (Å²) in [6, 6.07) is -0.660. The van der Waals surface area contributed by atoms with Gasteiger partial charge in [-0.2, -0.15) is 0 Å². The van der Waals surface area contributed by atoms with E-state index in [4.69, 9.17) is 5.41 Å². The Morgan fingerprint density at radius 1 is 1.03 bits per heavy atom. The minimum Gasteiger partial charge on any atom is -0.354 e. The fourth-order valence-corrected chi connectivity index (χ4v) is 2.90. The third-order valence-electron chi connectivity index (χ3n) is 4.66. The highest BCUT2D eigenvalue weighted by Crippen LogP contribution is 2.08. The third-order valence-corrected chi connectivity index (χ3v) is 4.66. The van der Waals surface area contributed by atoms with Crippen molar-refractivity contribution in [3.05, 3.63) is 22.8 Å². The Morgan fingerprint density at radius 2 is 1.71 bits per heavy atom. The molecule has 0 aliphatic carbocycles. The summed E-state index contributed by atoms with van der Waals surface area (Å²) in [6.45, 7) is 8.67. The van der Waals surface area contributed by atoms with Crippen LogP contribution < -0.4 is 21.4 Å². The number of allylic oxidation sites excluding steroid dienone is 1. The monoisotopic (exact) mass is 440 g/mol. The Bertz CT molecular complexity index is 568. The highest BCUT2D eigenvalue weighted by molar-refractivity contribution is 5.87. The van der Waals surface area contributed by atoms with E-state index in [1.165, 1.54) is 0 Å². The number of carbonyl (C=O) groups is 2. The fraction of sp³-hybridized carbons (Fsp3) is 0.762. The summed E-state index contributed by atoms with van der Waals surface area (Å²) in [5, 5.41) is 25.1. The van der Waals surface area contributed by atoms with Crippen molar-refractivity contribution in [2.24, 2.45) is 5.92 Å². The number of carbonyl (C=O) groups excluding carboxylic acids is 2. The maximum atomic E-state index is 12.5. The Balaban J connectivity index is 4.40. The molecule has 0 fully saturated rings. The van der Waals surface area contributed by atoms with Crippen LogP contribution in [0.3, 0.4) is 0 Å². The lowest BCUT2D eigenvalue weighted by Gasteiger charge is -2.19. The summed E-state index contributed by atoms with van der Waals surface area (Å²) in [6.07, 6.45) is 10.1. The number of nitrogens with one attached hydrogen (secondary N) is 5. The minimum atomic E-state index is -0.819. The summed E-state index contributed by atoms with van der Waals surface area (Å²) < 4.78 is 0. The first-order valence-electron chi connectivity index (χ1n) is 11.2. The lowest BCUT2D eigenvalue weighted by atomic mass is 10.1. The van der Waals surface area contributed by atoms with Crippen LogP contribution in [0.1, 0.15) is 78.1 Å². The van der Waals surface area contributed by atoms with Gasteiger partial charge in [0, 0.05) is 19.5 Å². The van der Waals surface area contributed by atoms with E-state index in [1.54, 1.807) is 5.43 Å². The number of guanidine groups is 1. The van der Waals surface area contributed by atoms with Crippen LogP contribution in [0.2, 0.25) is 0 Å². The molecule has 0 unspecified atom stereocenters. The van der Waals surface area contributed by atoms with E-state index >= 15 is 0 Å². The van der Waals surface area contributed by atoms with Gasteiger partial charge in [0.25, 0.3) is 5.96 Å². The average Bonchev–Trinajstić information content (AvgIpc) is 2.68. The Morgan fingerprint density at radius 3 is 2.35 bits per heavy atom. The van der Waals surface area contributed by atoms with Gasteiger partial charge in [-0.1, -0.05) is 44.6 Å². The molecule has 0 saturated heterocycles. The molecule has 10 nitrogen and oxygen atoms in total. The number of nitro groups is 1. The normalized spacial score (nSPS) is 11.5. The molecule has 178 valence electrons. The lowest BCUT2D eigenvalue weighted by Crippen LogP contribution is -2.47. The summed E-state index contributed by atoms with van der Waals surface area (Å²) in [7, 11) is 0. The minimum absolute atomic E-state index is 0.147. The van der Waals surface area contributed by atoms with E-state index in [1.807, 2.05) is 6.08 Å². The molecule has 31 heavy (non-hydrogen) atoms. The lowest BCUT2D eigenvalue weighted by molar-refractivity contribution is -0.525. The summed E-state index contributed by atoms with van der Waals surface area (Å²) in [5.74, 6) is -0.327. The molecule has 5 N–H and O–H groups in total. The standard InChI is InChI=1S/C21H40N6O4/c1-4-5-6-7-8-9-10-13-19(28)25-18(20(29)23-16-14-17(2)3)12-11-15-24-21(22)26-27(30)31/h4,17-18H,1,5-16H2,2-3H3,(H,23,29)(H,25,28)(H3,22,24,26)/t18-/m0/s1. The molecular formula is C21H40N6O4. The maximum Gasteiger partial charge on any atom is 0.251 e. The molecule has 0 aliphatic heterocycles. The molecule has 0 saturated carbocycles. The summed E-state index contributed by atoms with van der Waals surface area (Å²) >= 11 is 0. The Kier molecular flexibility index (Phi) is 16.6. The fourth-order valence-electron chi connectivity index (χ4n) is 2.90. The largest absolute Gasteiger partial charge is 0.354 e. The van der Waals surface area contributed by atoms with Crippen molar-refractivity contribution in [2.75, 3.05) is 13.1 Å². The molecule has 0 rings (SSSR count). The highest BCUT2D eigenvalue weighted by Gasteiger charge is 2.20. The predicted octanol–water partition coefficient (Wildman–Crippen LogP) is 2.64. The van der Waals surface area contributed by atoms with Crippen LogP contribution in [0.5, 0.6) is 0 Å². The number of rotatable bonds is 18. The van der Waals surface area contributed by atoms with Crippen LogP contribution in [0, 0.1) is 21.4 Å². The number of amides is 2. The zero-order chi connectivity index (χ0) is 23.5. The maximum absolute atomic E-state index is 12.5. The molecule has 1 atom stereocenters. The van der Waals surface area contributed by atoms with Crippen molar-refractivity contribution in [3.63, 3.8) is 0 Å². The smallest absolute Gasteiger partial charge is 0.251 e. The molecule has 0 aliphatic rings. The van der Waals surface area contributed by atoms with Crippen molar-refractivity contribution in [1.29, 1.82) is 5.41 Å². The molecule has 0 heterocycles. The van der Waals surface area contributed by atoms with Crippen LogP contribution in [-0.4, -0.2) is 41.9 Å². The number of hydrazine groups is 1. The van der Waals surface area contributed by atoms with E-state index in [9.17, 15) is 19.7 Å². The molecule has 10 heteroatoms. The number of hydrogen-bond acceptors (Lipinski definition) is 5. The van der Waals surface area contributed by atoms with Gasteiger partial charge in [0.15, 0.2) is 5.03 Å². The second-order valence-electron chi connectivity index (χ2n) is 8.00. The summed E-state index contributed by atoms with van der Waals surface area (Å²) in [5.41, 5.74) is 1.71. The molecule has 0 aromatic carbocycles. The Hall–Kier alpha value is -2.65. The van der Waals surface area contributed by atoms with Crippen LogP contribution >= 0.6 is 0 Å². The quantitative estimate of drug-likeness (QED) is 0.0552. The van der Waals surface area contributed by atoms with Gasteiger partial charge in [-0.15, -0.1) is 6.58 Å². The number of nitrogens with zero attached hydrogens (tertiary/aromatic N) is 1. The van der Waals surface area contributed by atoms with Crippen molar-refractivity contribution >= 4 is 17.8 Å². The van der Waals surface area contributed by atoms with Gasteiger partial charge < -0.3 is 16.0 Å². The van der Waals surface area contributed by atoms with Crippen LogP contribution in [0.4, 0.5) is 0 Å². The van der Waals surface area contributed by atoms with E-state index in [2.05, 4.69) is 36.4 Å². The average molecular weight is 441 g/mol. The zero-order valence-electron chi connectivity index (χ0n) is 19.0. The third kappa shape index (κ3) is 17.9. The van der Waals surface area contributed by atoms with Gasteiger partial charge >= 0.3 is 0 Å². The predicted molar refractivity (Wildman–Crippen MR) is 122 cm³/mol. The van der Waals surface area contributed by atoms with Crippen molar-refractivity contribution in [3.8, 4) is 0 Å². The number of hydrogen-bond donors (Lipinski definition) is 5. The van der Waals surface area contributed by atoms with E-state index < -0.39 is 17.0 Å². The van der Waals surface area contributed by atoms with Gasteiger partial charge in [0.1, 0.15) is 6.04 Å². The molecule has 0 aromatic heterocycles. The van der Waals surface area contributed by atoms with Gasteiger partial charge in [-0.25, -0.2) is 10.1 Å². The van der Waals surface area contributed by atoms with Crippen LogP contribution in [0.15, 0.2) is 12.7 Å². The van der Waals surface area contributed by atoms with Gasteiger partial charge in [0.05, 0.1) is 0 Å². The number of unbranched alkanes of at least 4 members (excludes halogenated alkanes) is 5. The van der Waals surface area contributed by atoms with Crippen LogP contribution in [0.25, 0.3) is 0 Å². The van der Waals surface area contributed by atoms with Crippen molar-refractivity contribution in [1.82, 2.24) is 21.4 Å². The first-order valence-corrected chi connectivity index (χ1v) is 11.2. The first kappa shape index (κ1) is 28.4. The second-order valence-corrected chi connectivity index (χ2v) is 8.00. The van der Waals surface area contributed by atoms with E-state index in [-0.39, 0.29) is 18.4 Å². The van der Waals surface area contributed by atoms with Crippen molar-refractivity contribution < 1.29 is 14.6 Å². The molecule has 0 bridgehead atoms. The van der Waals surface area contributed by atoms with Gasteiger partial charge in [-0.3, -0.25) is 15.0 Å².